The number of rotatable bonds is 40. The Kier molecular flexibility index (Phi) is 37.1. The SMILES string of the molecule is C=CCCCCCCCCCCCCCCCC(=O)O[C@H](COC(=O)CCCCCCC/C=C/CCCCCCCC)COP(=O)(O)OCCN. The Morgan fingerprint density at radius 1 is 0.627 bits per heavy atom. The molecule has 0 rings (SSSR count). The highest BCUT2D eigenvalue weighted by atomic mass is 31.2. The first-order valence-corrected chi connectivity index (χ1v) is 22.3. The number of phosphoric acid groups is 1. The molecule has 0 radical (unpaired) electrons. The first-order valence-electron chi connectivity index (χ1n) is 20.8. The van der Waals surface area contributed by atoms with Crippen molar-refractivity contribution in [2.75, 3.05) is 26.4 Å². The quantitative estimate of drug-likeness (QED) is 0.0272. The molecule has 0 aliphatic rings. The van der Waals surface area contributed by atoms with Crippen molar-refractivity contribution in [2.24, 2.45) is 5.73 Å². The zero-order valence-electron chi connectivity index (χ0n) is 32.7. The first-order chi connectivity index (χ1) is 24.8. The minimum atomic E-state index is -4.37. The van der Waals surface area contributed by atoms with E-state index in [0.29, 0.717) is 6.42 Å². The molecule has 0 amide bonds. The van der Waals surface area contributed by atoms with Crippen LogP contribution in [0.1, 0.15) is 193 Å². The van der Waals surface area contributed by atoms with E-state index in [1.807, 2.05) is 6.08 Å². The lowest BCUT2D eigenvalue weighted by Crippen LogP contribution is -2.29. The van der Waals surface area contributed by atoms with Crippen molar-refractivity contribution >= 4 is 19.8 Å². The molecule has 2 atom stereocenters. The molecule has 0 heterocycles. The average Bonchev–Trinajstić information content (AvgIpc) is 3.11. The van der Waals surface area contributed by atoms with Gasteiger partial charge in [-0.25, -0.2) is 4.57 Å². The molecular formula is C41H78NO8P. The van der Waals surface area contributed by atoms with Crippen molar-refractivity contribution in [2.45, 2.75) is 199 Å². The molecule has 0 saturated carbocycles. The fourth-order valence-corrected chi connectivity index (χ4v) is 6.61. The van der Waals surface area contributed by atoms with E-state index in [9.17, 15) is 19.0 Å². The Balaban J connectivity index is 4.16. The minimum Gasteiger partial charge on any atom is -0.462 e. The van der Waals surface area contributed by atoms with Gasteiger partial charge in [0.25, 0.3) is 0 Å². The fraction of sp³-hybridized carbons (Fsp3) is 0.854. The Bertz CT molecular complexity index is 884. The summed E-state index contributed by atoms with van der Waals surface area (Å²) in [6.07, 6.45) is 38.1. The highest BCUT2D eigenvalue weighted by molar-refractivity contribution is 7.47. The lowest BCUT2D eigenvalue weighted by Gasteiger charge is -2.19. The number of hydrogen-bond donors (Lipinski definition) is 2. The molecule has 0 bridgehead atoms. The molecule has 0 saturated heterocycles. The monoisotopic (exact) mass is 744 g/mol. The van der Waals surface area contributed by atoms with Crippen molar-refractivity contribution < 1.29 is 37.6 Å². The Morgan fingerprint density at radius 2 is 1.06 bits per heavy atom. The van der Waals surface area contributed by atoms with Crippen LogP contribution in [-0.2, 0) is 32.7 Å². The molecule has 0 aromatic rings. The predicted octanol–water partition coefficient (Wildman–Crippen LogP) is 11.6. The van der Waals surface area contributed by atoms with E-state index in [0.717, 1.165) is 64.2 Å². The molecule has 51 heavy (non-hydrogen) atoms. The van der Waals surface area contributed by atoms with E-state index in [-0.39, 0.29) is 38.6 Å². The zero-order chi connectivity index (χ0) is 37.5. The molecule has 3 N–H and O–H groups in total. The van der Waals surface area contributed by atoms with Crippen LogP contribution >= 0.6 is 7.82 Å². The summed E-state index contributed by atoms with van der Waals surface area (Å²) in [5.74, 6) is -0.837. The number of ether oxygens (including phenoxy) is 2. The maximum Gasteiger partial charge on any atom is 0.472 e. The Labute approximate surface area is 312 Å². The topological polar surface area (TPSA) is 134 Å². The van der Waals surface area contributed by atoms with Crippen molar-refractivity contribution in [1.29, 1.82) is 0 Å². The number of hydrogen-bond acceptors (Lipinski definition) is 8. The van der Waals surface area contributed by atoms with E-state index in [1.54, 1.807) is 0 Å². The van der Waals surface area contributed by atoms with Gasteiger partial charge >= 0.3 is 19.8 Å². The second kappa shape index (κ2) is 38.2. The molecular weight excluding hydrogens is 665 g/mol. The van der Waals surface area contributed by atoms with E-state index in [1.165, 1.54) is 103 Å². The molecule has 0 spiro atoms. The van der Waals surface area contributed by atoms with Crippen LogP contribution in [0.4, 0.5) is 0 Å². The van der Waals surface area contributed by atoms with Crippen LogP contribution in [0, 0.1) is 0 Å². The highest BCUT2D eigenvalue weighted by Gasteiger charge is 2.26. The molecule has 0 fully saturated rings. The number of nitrogens with two attached hydrogens (primary N) is 1. The smallest absolute Gasteiger partial charge is 0.462 e. The summed E-state index contributed by atoms with van der Waals surface area (Å²) in [7, 11) is -4.37. The summed E-state index contributed by atoms with van der Waals surface area (Å²) in [5, 5.41) is 0. The van der Waals surface area contributed by atoms with E-state index < -0.39 is 26.5 Å². The molecule has 300 valence electrons. The number of allylic oxidation sites excluding steroid dienone is 3. The fourth-order valence-electron chi connectivity index (χ4n) is 5.84. The lowest BCUT2D eigenvalue weighted by atomic mass is 10.0. The van der Waals surface area contributed by atoms with Gasteiger partial charge in [0.05, 0.1) is 13.2 Å². The van der Waals surface area contributed by atoms with Crippen molar-refractivity contribution in [3.63, 3.8) is 0 Å². The van der Waals surface area contributed by atoms with Gasteiger partial charge in [-0.3, -0.25) is 18.6 Å². The van der Waals surface area contributed by atoms with Gasteiger partial charge in [-0.15, -0.1) is 6.58 Å². The molecule has 9 nitrogen and oxygen atoms in total. The van der Waals surface area contributed by atoms with Crippen LogP contribution in [-0.4, -0.2) is 49.3 Å². The zero-order valence-corrected chi connectivity index (χ0v) is 33.6. The summed E-state index contributed by atoms with van der Waals surface area (Å²) in [4.78, 5) is 34.8. The van der Waals surface area contributed by atoms with Crippen LogP contribution in [0.15, 0.2) is 24.8 Å². The Morgan fingerprint density at radius 3 is 1.53 bits per heavy atom. The van der Waals surface area contributed by atoms with Crippen molar-refractivity contribution in [1.82, 2.24) is 0 Å². The lowest BCUT2D eigenvalue weighted by molar-refractivity contribution is -0.161. The molecule has 0 aliphatic heterocycles. The summed E-state index contributed by atoms with van der Waals surface area (Å²) in [5.41, 5.74) is 5.34. The highest BCUT2D eigenvalue weighted by Crippen LogP contribution is 2.43. The van der Waals surface area contributed by atoms with Gasteiger partial charge in [0.15, 0.2) is 6.10 Å². The van der Waals surface area contributed by atoms with Gasteiger partial charge in [0.2, 0.25) is 0 Å². The number of esters is 2. The number of carbonyl (C=O) groups excluding carboxylic acids is 2. The van der Waals surface area contributed by atoms with Gasteiger partial charge in [0, 0.05) is 19.4 Å². The number of phosphoric ester groups is 1. The summed E-state index contributed by atoms with van der Waals surface area (Å²) >= 11 is 0. The molecule has 0 aromatic carbocycles. The van der Waals surface area contributed by atoms with Crippen LogP contribution in [0.5, 0.6) is 0 Å². The van der Waals surface area contributed by atoms with Crippen molar-refractivity contribution in [3.8, 4) is 0 Å². The Hall–Kier alpha value is -1.51. The van der Waals surface area contributed by atoms with Gasteiger partial charge in [-0.2, -0.15) is 0 Å². The molecule has 0 aliphatic carbocycles. The van der Waals surface area contributed by atoms with Gasteiger partial charge in [0.1, 0.15) is 6.61 Å². The molecule has 1 unspecified atom stereocenters. The normalized spacial score (nSPS) is 13.3. The second-order valence-electron chi connectivity index (χ2n) is 13.9. The van der Waals surface area contributed by atoms with Crippen molar-refractivity contribution in [3.05, 3.63) is 24.8 Å². The molecule has 0 aromatic heterocycles. The van der Waals surface area contributed by atoms with Crippen LogP contribution in [0.3, 0.4) is 0 Å². The average molecular weight is 744 g/mol. The standard InChI is InChI=1S/C41H78NO8P/c1-3-5-7-9-11-13-15-17-19-21-23-25-27-29-31-33-40(43)47-37-39(38-49-51(45,46)48-36-35-42)50-41(44)34-32-30-28-26-24-22-20-18-16-14-12-10-8-6-4-2/h4,17,19,39H,2-3,5-16,18,20-38,42H2,1H3,(H,45,46)/b19-17+/t39-/m1/s1. The first kappa shape index (κ1) is 49.5. The number of unbranched alkanes of at least 4 members (excludes halogenated alkanes) is 24. The van der Waals surface area contributed by atoms with E-state index in [2.05, 4.69) is 25.7 Å². The summed E-state index contributed by atoms with van der Waals surface area (Å²) in [6, 6.07) is 0. The third-order valence-corrected chi connectivity index (χ3v) is 9.94. The van der Waals surface area contributed by atoms with Gasteiger partial charge in [-0.05, 0) is 51.4 Å². The van der Waals surface area contributed by atoms with E-state index in [4.69, 9.17) is 24.3 Å². The summed E-state index contributed by atoms with van der Waals surface area (Å²) in [6.45, 7) is 5.24. The maximum atomic E-state index is 12.6. The van der Waals surface area contributed by atoms with E-state index >= 15 is 0 Å². The van der Waals surface area contributed by atoms with Gasteiger partial charge in [-0.1, -0.05) is 147 Å². The molecule has 10 heteroatoms. The maximum absolute atomic E-state index is 12.6. The largest absolute Gasteiger partial charge is 0.472 e. The van der Waals surface area contributed by atoms with Crippen LogP contribution in [0.25, 0.3) is 0 Å². The number of carbonyl (C=O) groups is 2. The van der Waals surface area contributed by atoms with Crippen LogP contribution < -0.4 is 5.73 Å². The predicted molar refractivity (Wildman–Crippen MR) is 211 cm³/mol. The third-order valence-electron chi connectivity index (χ3n) is 8.96. The minimum absolute atomic E-state index is 0.0528. The van der Waals surface area contributed by atoms with Gasteiger partial charge < -0.3 is 20.1 Å². The summed E-state index contributed by atoms with van der Waals surface area (Å²) < 4.78 is 32.7. The third kappa shape index (κ3) is 38.0. The van der Waals surface area contributed by atoms with Crippen LogP contribution in [0.2, 0.25) is 0 Å². The second-order valence-corrected chi connectivity index (χ2v) is 15.4.